The van der Waals surface area contributed by atoms with Gasteiger partial charge in [-0.3, -0.25) is 9.59 Å². The first-order valence-electron chi connectivity index (χ1n) is 8.53. The van der Waals surface area contributed by atoms with Crippen LogP contribution >= 0.6 is 23.1 Å². The van der Waals surface area contributed by atoms with Crippen molar-refractivity contribution in [3.05, 3.63) is 30.3 Å². The Labute approximate surface area is 164 Å². The van der Waals surface area contributed by atoms with E-state index in [0.29, 0.717) is 21.1 Å². The maximum absolute atomic E-state index is 12.0. The van der Waals surface area contributed by atoms with Gasteiger partial charge in [0, 0.05) is 11.6 Å². The number of nitrogens with zero attached hydrogens (tertiary/aromatic N) is 1. The largest absolute Gasteiger partial charge is 0.459 e. The number of aromatic nitrogens is 1. The number of thiazole rings is 1. The second kappa shape index (κ2) is 9.01. The summed E-state index contributed by atoms with van der Waals surface area (Å²) in [5.74, 6) is -1.57. The molecule has 1 aromatic carbocycles. The molecular weight excluding hydrogens is 386 g/mol. The van der Waals surface area contributed by atoms with Crippen LogP contribution in [0.1, 0.15) is 19.8 Å². The van der Waals surface area contributed by atoms with Gasteiger partial charge in [0.1, 0.15) is 10.7 Å². The van der Waals surface area contributed by atoms with Crippen LogP contribution in [0.2, 0.25) is 0 Å². The van der Waals surface area contributed by atoms with Crippen molar-refractivity contribution < 1.29 is 19.1 Å². The van der Waals surface area contributed by atoms with Crippen molar-refractivity contribution in [2.45, 2.75) is 30.1 Å². The Morgan fingerprint density at radius 3 is 2.67 bits per heavy atom. The summed E-state index contributed by atoms with van der Waals surface area (Å²) in [5.41, 5.74) is 1.37. The summed E-state index contributed by atoms with van der Waals surface area (Å²) < 4.78 is 5.36. The van der Waals surface area contributed by atoms with Crippen molar-refractivity contribution in [2.75, 3.05) is 17.7 Å². The number of hydrogen-bond acceptors (Lipinski definition) is 7. The van der Waals surface area contributed by atoms with Crippen LogP contribution in [-0.4, -0.2) is 41.2 Å². The van der Waals surface area contributed by atoms with Crippen LogP contribution in [0, 0.1) is 0 Å². The predicted molar refractivity (Wildman–Crippen MR) is 105 cm³/mol. The fourth-order valence-corrected chi connectivity index (χ4v) is 4.09. The molecule has 3 rings (SSSR count). The quantitative estimate of drug-likeness (QED) is 0.418. The molecule has 2 aromatic rings. The molecule has 1 fully saturated rings. The van der Waals surface area contributed by atoms with Crippen molar-refractivity contribution in [3.8, 4) is 11.3 Å². The van der Waals surface area contributed by atoms with Crippen LogP contribution in [0.5, 0.6) is 0 Å². The van der Waals surface area contributed by atoms with E-state index in [1.54, 1.807) is 6.92 Å². The molecule has 142 valence electrons. The Balaban J connectivity index is 1.75. The highest BCUT2D eigenvalue weighted by Gasteiger charge is 2.24. The Hall–Kier alpha value is -2.39. The van der Waals surface area contributed by atoms with Crippen LogP contribution in [0.3, 0.4) is 0 Å². The minimum atomic E-state index is -0.942. The minimum absolute atomic E-state index is 0.0314. The van der Waals surface area contributed by atoms with E-state index in [1.807, 2.05) is 30.3 Å². The topological polar surface area (TPSA) is 97.4 Å². The summed E-state index contributed by atoms with van der Waals surface area (Å²) in [6.07, 6.45) is 2.08. The summed E-state index contributed by atoms with van der Waals surface area (Å²) in [4.78, 5) is 40.1. The standard InChI is InChI=1S/C18H19N3O4S2/c1-2-25-17(24)15(23)21-16-14(11-6-4-3-5-7-11)20-18(27-16)26-10-13(22)19-12-8-9-12/h3-7,12H,2,8-10H2,1H3,(H,19,22)(H,21,23). The molecule has 1 aliphatic rings. The van der Waals surface area contributed by atoms with Gasteiger partial charge >= 0.3 is 11.9 Å². The summed E-state index contributed by atoms with van der Waals surface area (Å²) in [7, 11) is 0. The zero-order valence-corrected chi connectivity index (χ0v) is 16.3. The molecule has 0 spiro atoms. The van der Waals surface area contributed by atoms with Crippen molar-refractivity contribution in [2.24, 2.45) is 0 Å². The average molecular weight is 406 g/mol. The van der Waals surface area contributed by atoms with Gasteiger partial charge in [-0.1, -0.05) is 53.4 Å². The lowest BCUT2D eigenvalue weighted by atomic mass is 10.2. The van der Waals surface area contributed by atoms with Gasteiger partial charge in [-0.25, -0.2) is 9.78 Å². The molecule has 1 aromatic heterocycles. The predicted octanol–water partition coefficient (Wildman–Crippen LogP) is 2.68. The number of thioether (sulfide) groups is 1. The molecule has 0 aliphatic heterocycles. The Kier molecular flexibility index (Phi) is 6.46. The van der Waals surface area contributed by atoms with E-state index in [1.165, 1.54) is 23.1 Å². The first kappa shape index (κ1) is 19.4. The van der Waals surface area contributed by atoms with Crippen LogP contribution in [0.4, 0.5) is 5.00 Å². The Morgan fingerprint density at radius 1 is 1.26 bits per heavy atom. The van der Waals surface area contributed by atoms with Crippen molar-refractivity contribution in [3.63, 3.8) is 0 Å². The lowest BCUT2D eigenvalue weighted by Crippen LogP contribution is -2.26. The summed E-state index contributed by atoms with van der Waals surface area (Å²) >= 11 is 2.53. The summed E-state index contributed by atoms with van der Waals surface area (Å²) in [6.45, 7) is 1.76. The maximum Gasteiger partial charge on any atom is 0.397 e. The highest BCUT2D eigenvalue weighted by Crippen LogP contribution is 2.37. The highest BCUT2D eigenvalue weighted by molar-refractivity contribution is 8.01. The third-order valence-electron chi connectivity index (χ3n) is 3.61. The second-order valence-electron chi connectivity index (χ2n) is 5.83. The van der Waals surface area contributed by atoms with E-state index >= 15 is 0 Å². The summed E-state index contributed by atoms with van der Waals surface area (Å²) in [6, 6.07) is 9.65. The van der Waals surface area contributed by atoms with Gasteiger partial charge in [-0.05, 0) is 19.8 Å². The number of amides is 2. The lowest BCUT2D eigenvalue weighted by molar-refractivity contribution is -0.152. The number of ether oxygens (including phenoxy) is 1. The zero-order valence-electron chi connectivity index (χ0n) is 14.7. The van der Waals surface area contributed by atoms with Gasteiger partial charge in [0.25, 0.3) is 0 Å². The third-order valence-corrected chi connectivity index (χ3v) is 5.73. The van der Waals surface area contributed by atoms with Crippen molar-refractivity contribution >= 4 is 45.9 Å². The number of carbonyl (C=O) groups is 3. The fourth-order valence-electron chi connectivity index (χ4n) is 2.21. The number of benzene rings is 1. The SMILES string of the molecule is CCOC(=O)C(=O)Nc1sc(SCC(=O)NC2CC2)nc1-c1ccccc1. The fraction of sp³-hybridized carbons (Fsp3) is 0.333. The number of nitrogens with one attached hydrogen (secondary N) is 2. The van der Waals surface area contributed by atoms with E-state index in [-0.39, 0.29) is 18.3 Å². The van der Waals surface area contributed by atoms with E-state index in [2.05, 4.69) is 15.6 Å². The molecule has 0 bridgehead atoms. The normalized spacial score (nSPS) is 13.1. The first-order valence-corrected chi connectivity index (χ1v) is 10.3. The van der Waals surface area contributed by atoms with E-state index in [4.69, 9.17) is 4.74 Å². The monoisotopic (exact) mass is 405 g/mol. The highest BCUT2D eigenvalue weighted by atomic mass is 32.2. The molecular formula is C18H19N3O4S2. The van der Waals surface area contributed by atoms with Gasteiger partial charge in [0.05, 0.1) is 12.4 Å². The van der Waals surface area contributed by atoms with Gasteiger partial charge in [-0.15, -0.1) is 0 Å². The molecule has 2 amide bonds. The minimum Gasteiger partial charge on any atom is -0.459 e. The molecule has 7 nitrogen and oxygen atoms in total. The van der Waals surface area contributed by atoms with Crippen LogP contribution in [-0.2, 0) is 19.1 Å². The molecule has 0 atom stereocenters. The van der Waals surface area contributed by atoms with Crippen LogP contribution in [0.25, 0.3) is 11.3 Å². The van der Waals surface area contributed by atoms with E-state index in [9.17, 15) is 14.4 Å². The molecule has 1 saturated carbocycles. The van der Waals surface area contributed by atoms with Gasteiger partial charge < -0.3 is 15.4 Å². The molecule has 0 saturated heterocycles. The average Bonchev–Trinajstić information content (AvgIpc) is 3.39. The maximum atomic E-state index is 12.0. The van der Waals surface area contributed by atoms with Crippen molar-refractivity contribution in [1.29, 1.82) is 0 Å². The zero-order chi connectivity index (χ0) is 19.2. The van der Waals surface area contributed by atoms with Gasteiger partial charge in [-0.2, -0.15) is 0 Å². The lowest BCUT2D eigenvalue weighted by Gasteiger charge is -2.04. The van der Waals surface area contributed by atoms with Crippen LogP contribution < -0.4 is 10.6 Å². The number of rotatable bonds is 7. The van der Waals surface area contributed by atoms with Crippen molar-refractivity contribution in [1.82, 2.24) is 10.3 Å². The number of hydrogen-bond donors (Lipinski definition) is 2. The van der Waals surface area contributed by atoms with E-state index < -0.39 is 11.9 Å². The van der Waals surface area contributed by atoms with Crippen LogP contribution in [0.15, 0.2) is 34.7 Å². The summed E-state index contributed by atoms with van der Waals surface area (Å²) in [5, 5.41) is 5.95. The smallest absolute Gasteiger partial charge is 0.397 e. The first-order chi connectivity index (χ1) is 13.1. The molecule has 0 radical (unpaired) electrons. The molecule has 9 heteroatoms. The van der Waals surface area contributed by atoms with E-state index in [0.717, 1.165) is 18.4 Å². The number of carbonyl (C=O) groups excluding carboxylic acids is 3. The Morgan fingerprint density at radius 2 is 2.00 bits per heavy atom. The third kappa shape index (κ3) is 5.54. The molecule has 1 heterocycles. The van der Waals surface area contributed by atoms with Gasteiger partial charge in [0.15, 0.2) is 4.34 Å². The molecule has 1 aliphatic carbocycles. The second-order valence-corrected chi connectivity index (χ2v) is 8.05. The molecule has 27 heavy (non-hydrogen) atoms. The van der Waals surface area contributed by atoms with Gasteiger partial charge in [0.2, 0.25) is 5.91 Å². The molecule has 0 unspecified atom stereocenters. The molecule has 2 N–H and O–H groups in total. The number of anilines is 1. The number of esters is 1. The Bertz CT molecular complexity index is 834.